The molecule has 1 saturated carbocycles. The average Bonchev–Trinajstić information content (AvgIpc) is 2.34. The molecule has 3 heteroatoms. The molecule has 0 atom stereocenters. The summed E-state index contributed by atoms with van der Waals surface area (Å²) in [4.78, 5) is 1.09. The van der Waals surface area contributed by atoms with Crippen LogP contribution in [0, 0.1) is 11.3 Å². The van der Waals surface area contributed by atoms with Crippen molar-refractivity contribution in [1.82, 2.24) is 0 Å². The minimum Gasteiger partial charge on any atom is -0.379 e. The van der Waals surface area contributed by atoms with Crippen LogP contribution in [0.4, 0.5) is 5.69 Å². The molecule has 1 aliphatic rings. The molecular formula is C15H20N2S. The molecule has 2 nitrogen and oxygen atoms in total. The molecule has 0 radical (unpaired) electrons. The maximum absolute atomic E-state index is 9.38. The lowest BCUT2D eigenvalue weighted by atomic mass is 9.74. The van der Waals surface area contributed by atoms with E-state index in [1.54, 1.807) is 11.8 Å². The first-order valence-electron chi connectivity index (χ1n) is 6.69. The third kappa shape index (κ3) is 2.49. The van der Waals surface area contributed by atoms with E-state index in [1.807, 2.05) is 18.2 Å². The van der Waals surface area contributed by atoms with E-state index in [0.717, 1.165) is 28.3 Å². The number of hydrogen-bond acceptors (Lipinski definition) is 3. The van der Waals surface area contributed by atoms with Crippen molar-refractivity contribution in [2.24, 2.45) is 0 Å². The highest BCUT2D eigenvalue weighted by Crippen LogP contribution is 2.39. The van der Waals surface area contributed by atoms with Gasteiger partial charge in [-0.25, -0.2) is 0 Å². The molecule has 0 unspecified atom stereocenters. The van der Waals surface area contributed by atoms with Crippen molar-refractivity contribution < 1.29 is 0 Å². The summed E-state index contributed by atoms with van der Waals surface area (Å²) in [7, 11) is 0. The second-order valence-electron chi connectivity index (χ2n) is 4.84. The highest BCUT2D eigenvalue weighted by molar-refractivity contribution is 7.99. The lowest BCUT2D eigenvalue weighted by Crippen LogP contribution is -2.44. The Morgan fingerprint density at radius 2 is 2.17 bits per heavy atom. The summed E-state index contributed by atoms with van der Waals surface area (Å²) in [6.07, 6.45) is 4.87. The topological polar surface area (TPSA) is 35.8 Å². The van der Waals surface area contributed by atoms with Gasteiger partial charge in [0.25, 0.3) is 0 Å². The lowest BCUT2D eigenvalue weighted by Gasteiger charge is -2.43. The molecule has 0 bridgehead atoms. The number of rotatable bonds is 5. The smallest absolute Gasteiger partial charge is 0.102 e. The number of nitriles is 1. The molecular weight excluding hydrogens is 240 g/mol. The van der Waals surface area contributed by atoms with Crippen LogP contribution in [0.25, 0.3) is 0 Å². The first-order valence-corrected chi connectivity index (χ1v) is 7.67. The van der Waals surface area contributed by atoms with Gasteiger partial charge in [0.05, 0.1) is 11.3 Å². The number of benzene rings is 1. The first-order chi connectivity index (χ1) is 8.74. The van der Waals surface area contributed by atoms with Crippen LogP contribution >= 0.6 is 11.8 Å². The molecule has 1 aromatic rings. The summed E-state index contributed by atoms with van der Waals surface area (Å²) >= 11 is 1.74. The Bertz CT molecular complexity index is 453. The van der Waals surface area contributed by atoms with Gasteiger partial charge in [-0.15, -0.1) is 11.8 Å². The largest absolute Gasteiger partial charge is 0.379 e. The fourth-order valence-electron chi connectivity index (χ4n) is 2.48. The monoisotopic (exact) mass is 260 g/mol. The Hall–Kier alpha value is -1.14. The van der Waals surface area contributed by atoms with Gasteiger partial charge in [0, 0.05) is 10.4 Å². The van der Waals surface area contributed by atoms with Crippen LogP contribution in [-0.4, -0.2) is 11.3 Å². The van der Waals surface area contributed by atoms with Crippen molar-refractivity contribution >= 4 is 17.4 Å². The molecule has 0 spiro atoms. The maximum Gasteiger partial charge on any atom is 0.102 e. The van der Waals surface area contributed by atoms with Gasteiger partial charge in [-0.2, -0.15) is 5.26 Å². The molecule has 0 heterocycles. The summed E-state index contributed by atoms with van der Waals surface area (Å²) in [5.74, 6) is 0.997. The molecule has 2 rings (SSSR count). The van der Waals surface area contributed by atoms with E-state index < -0.39 is 0 Å². The zero-order valence-electron chi connectivity index (χ0n) is 11.1. The number of hydrogen-bond donors (Lipinski definition) is 1. The van der Waals surface area contributed by atoms with Crippen molar-refractivity contribution in [2.45, 2.75) is 50.0 Å². The lowest BCUT2D eigenvalue weighted by molar-refractivity contribution is 0.269. The van der Waals surface area contributed by atoms with Crippen LogP contribution in [0.5, 0.6) is 0 Å². The van der Waals surface area contributed by atoms with Crippen molar-refractivity contribution in [3.63, 3.8) is 0 Å². The Balaban J connectivity index is 2.27. The van der Waals surface area contributed by atoms with Gasteiger partial charge in [0.15, 0.2) is 0 Å². The van der Waals surface area contributed by atoms with Crippen LogP contribution in [0.3, 0.4) is 0 Å². The highest BCUT2D eigenvalue weighted by Gasteiger charge is 2.35. The van der Waals surface area contributed by atoms with Gasteiger partial charge < -0.3 is 5.32 Å². The fraction of sp³-hybridized carbons (Fsp3) is 0.533. The molecule has 1 aromatic carbocycles. The standard InChI is InChI=1S/C15H20N2S/c1-3-15(9-6-10-15)17-13-7-5-8-14(18-4-2)12(13)11-16/h5,7-8,17H,3-4,6,9-10H2,1-2H3. The van der Waals surface area contributed by atoms with E-state index >= 15 is 0 Å². The zero-order chi connectivity index (χ0) is 13.0. The van der Waals surface area contributed by atoms with Crippen molar-refractivity contribution in [3.05, 3.63) is 23.8 Å². The van der Waals surface area contributed by atoms with Gasteiger partial charge in [-0.3, -0.25) is 0 Å². The minimum atomic E-state index is 0.237. The van der Waals surface area contributed by atoms with Gasteiger partial charge in [0.2, 0.25) is 0 Å². The Labute approximate surface area is 114 Å². The number of nitrogens with zero attached hydrogens (tertiary/aromatic N) is 1. The van der Waals surface area contributed by atoms with Crippen LogP contribution in [0.1, 0.15) is 45.1 Å². The first kappa shape index (κ1) is 13.3. The van der Waals surface area contributed by atoms with Crippen molar-refractivity contribution in [1.29, 1.82) is 5.26 Å². The van der Waals surface area contributed by atoms with Gasteiger partial charge in [0.1, 0.15) is 6.07 Å². The van der Waals surface area contributed by atoms with Crippen molar-refractivity contribution in [3.8, 4) is 6.07 Å². The van der Waals surface area contributed by atoms with Crippen LogP contribution < -0.4 is 5.32 Å². The second-order valence-corrected chi connectivity index (χ2v) is 6.14. The number of nitrogens with one attached hydrogen (secondary N) is 1. The molecule has 0 saturated heterocycles. The van der Waals surface area contributed by atoms with E-state index in [2.05, 4.69) is 25.2 Å². The summed E-state index contributed by atoms with van der Waals surface area (Å²) in [5, 5.41) is 13.0. The molecule has 1 N–H and O–H groups in total. The molecule has 0 aliphatic heterocycles. The molecule has 0 amide bonds. The third-order valence-corrected chi connectivity index (χ3v) is 4.77. The van der Waals surface area contributed by atoms with Gasteiger partial charge in [-0.1, -0.05) is 19.9 Å². The summed E-state index contributed by atoms with van der Waals surface area (Å²) in [5.41, 5.74) is 2.06. The molecule has 0 aromatic heterocycles. The maximum atomic E-state index is 9.38. The van der Waals surface area contributed by atoms with Gasteiger partial charge in [-0.05, 0) is 43.6 Å². The van der Waals surface area contributed by atoms with E-state index in [9.17, 15) is 5.26 Å². The highest BCUT2D eigenvalue weighted by atomic mass is 32.2. The number of thioether (sulfide) groups is 1. The summed E-state index contributed by atoms with van der Waals surface area (Å²) < 4.78 is 0. The Kier molecular flexibility index (Phi) is 4.19. The van der Waals surface area contributed by atoms with Crippen LogP contribution in [0.15, 0.2) is 23.1 Å². The average molecular weight is 260 g/mol. The van der Waals surface area contributed by atoms with Crippen LogP contribution in [-0.2, 0) is 0 Å². The minimum absolute atomic E-state index is 0.237. The molecule has 1 fully saturated rings. The van der Waals surface area contributed by atoms with E-state index in [0.29, 0.717) is 0 Å². The van der Waals surface area contributed by atoms with E-state index in [-0.39, 0.29) is 5.54 Å². The van der Waals surface area contributed by atoms with E-state index in [4.69, 9.17) is 0 Å². The Morgan fingerprint density at radius 3 is 2.67 bits per heavy atom. The molecule has 18 heavy (non-hydrogen) atoms. The predicted octanol–water partition coefficient (Wildman–Crippen LogP) is 4.41. The zero-order valence-corrected chi connectivity index (χ0v) is 11.9. The van der Waals surface area contributed by atoms with Crippen LogP contribution in [0.2, 0.25) is 0 Å². The molecule has 1 aliphatic carbocycles. The number of anilines is 1. The third-order valence-electron chi connectivity index (χ3n) is 3.83. The Morgan fingerprint density at radius 1 is 1.39 bits per heavy atom. The summed E-state index contributed by atoms with van der Waals surface area (Å²) in [6, 6.07) is 8.48. The van der Waals surface area contributed by atoms with Gasteiger partial charge >= 0.3 is 0 Å². The summed E-state index contributed by atoms with van der Waals surface area (Å²) in [6.45, 7) is 4.34. The van der Waals surface area contributed by atoms with Crippen molar-refractivity contribution in [2.75, 3.05) is 11.1 Å². The quantitative estimate of drug-likeness (QED) is 0.796. The van der Waals surface area contributed by atoms with E-state index in [1.165, 1.54) is 19.3 Å². The second kappa shape index (κ2) is 5.67. The fourth-order valence-corrected chi connectivity index (χ4v) is 3.27. The molecule has 96 valence electrons. The SMILES string of the molecule is CCSc1cccc(NC2(CC)CCC2)c1C#N. The predicted molar refractivity (Wildman–Crippen MR) is 78.1 cm³/mol. The normalized spacial score (nSPS) is 16.7.